The van der Waals surface area contributed by atoms with Crippen LogP contribution in [0, 0.1) is 6.92 Å². The van der Waals surface area contributed by atoms with Gasteiger partial charge in [0.05, 0.1) is 23.7 Å². The first-order valence-corrected chi connectivity index (χ1v) is 8.15. The van der Waals surface area contributed by atoms with Gasteiger partial charge in [-0.2, -0.15) is 0 Å². The first-order chi connectivity index (χ1) is 8.46. The van der Waals surface area contributed by atoms with Gasteiger partial charge in [-0.1, -0.05) is 0 Å². The molecule has 1 N–H and O–H groups in total. The fourth-order valence-corrected chi connectivity index (χ4v) is 3.38. The van der Waals surface area contributed by atoms with E-state index in [2.05, 4.69) is 25.6 Å². The van der Waals surface area contributed by atoms with E-state index in [9.17, 15) is 8.42 Å². The Kier molecular flexibility index (Phi) is 4.24. The van der Waals surface area contributed by atoms with Gasteiger partial charge in [-0.15, -0.1) is 0 Å². The molecule has 2 heterocycles. The summed E-state index contributed by atoms with van der Waals surface area (Å²) in [7, 11) is -3.38. The van der Waals surface area contributed by atoms with Crippen molar-refractivity contribution in [2.75, 3.05) is 17.1 Å². The minimum Gasteiger partial charge on any atom is -0.377 e. The number of aryl methyl sites for hydroxylation is 1. The van der Waals surface area contributed by atoms with Crippen LogP contribution in [-0.2, 0) is 14.8 Å². The summed E-state index contributed by atoms with van der Waals surface area (Å²) in [6.07, 6.45) is 3.04. The van der Waals surface area contributed by atoms with Crippen LogP contribution < -0.4 is 4.72 Å². The quantitative estimate of drug-likeness (QED) is 0.856. The van der Waals surface area contributed by atoms with Gasteiger partial charge in [-0.3, -0.25) is 4.72 Å². The molecule has 0 radical (unpaired) electrons. The van der Waals surface area contributed by atoms with Crippen molar-refractivity contribution in [3.05, 3.63) is 22.4 Å². The maximum Gasteiger partial charge on any atom is 0.235 e. The number of rotatable bonds is 4. The molecule has 5 nitrogen and oxygen atoms in total. The van der Waals surface area contributed by atoms with Crippen LogP contribution in [0.5, 0.6) is 0 Å². The third kappa shape index (κ3) is 3.66. The lowest BCUT2D eigenvalue weighted by Crippen LogP contribution is -2.25. The molecule has 1 fully saturated rings. The fraction of sp³-hybridized carbons (Fsp3) is 0.545. The highest BCUT2D eigenvalue weighted by Crippen LogP contribution is 2.19. The van der Waals surface area contributed by atoms with Gasteiger partial charge in [0, 0.05) is 6.61 Å². The van der Waals surface area contributed by atoms with E-state index in [1.165, 1.54) is 6.20 Å². The molecule has 0 aliphatic carbocycles. The Morgan fingerprint density at radius 3 is 3.00 bits per heavy atom. The molecule has 1 saturated heterocycles. The lowest BCUT2D eigenvalue weighted by atomic mass is 10.3. The average molecular weight is 335 g/mol. The second-order valence-electron chi connectivity index (χ2n) is 4.35. The lowest BCUT2D eigenvalue weighted by molar-refractivity contribution is 0.127. The highest BCUT2D eigenvalue weighted by atomic mass is 79.9. The van der Waals surface area contributed by atoms with E-state index < -0.39 is 10.0 Å². The summed E-state index contributed by atoms with van der Waals surface area (Å²) in [5, 5.41) is 0. The maximum atomic E-state index is 11.9. The number of ether oxygens (including phenoxy) is 1. The molecule has 100 valence electrons. The molecule has 18 heavy (non-hydrogen) atoms. The number of hydrogen-bond donors (Lipinski definition) is 1. The Bertz CT molecular complexity index is 527. The molecule has 0 saturated carbocycles. The zero-order valence-electron chi connectivity index (χ0n) is 10.0. The molecular formula is C11H15BrN2O3S. The highest BCUT2D eigenvalue weighted by Gasteiger charge is 2.23. The zero-order chi connectivity index (χ0) is 13.2. The zero-order valence-corrected chi connectivity index (χ0v) is 12.4. The number of nitrogens with zero attached hydrogens (tertiary/aromatic N) is 1. The van der Waals surface area contributed by atoms with Crippen molar-refractivity contribution in [3.63, 3.8) is 0 Å². The molecule has 0 aromatic carbocycles. The van der Waals surface area contributed by atoms with Crippen molar-refractivity contribution in [3.8, 4) is 0 Å². The SMILES string of the molecule is Cc1cc(NS(=O)(=O)CC2CCCO2)cnc1Br. The molecule has 1 aromatic heterocycles. The van der Waals surface area contributed by atoms with Gasteiger partial charge >= 0.3 is 0 Å². The molecule has 7 heteroatoms. The first-order valence-electron chi connectivity index (χ1n) is 5.70. The summed E-state index contributed by atoms with van der Waals surface area (Å²) < 4.78 is 32.4. The van der Waals surface area contributed by atoms with Gasteiger partial charge in [-0.25, -0.2) is 13.4 Å². The van der Waals surface area contributed by atoms with Crippen LogP contribution in [0.3, 0.4) is 0 Å². The molecule has 1 aliphatic rings. The normalized spacial score (nSPS) is 20.0. The van der Waals surface area contributed by atoms with Crippen molar-refractivity contribution in [2.24, 2.45) is 0 Å². The number of anilines is 1. The van der Waals surface area contributed by atoms with Gasteiger partial charge in [0.25, 0.3) is 0 Å². The molecular weight excluding hydrogens is 320 g/mol. The Hall–Kier alpha value is -0.660. The minimum absolute atomic E-state index is 0.00209. The van der Waals surface area contributed by atoms with Crippen LogP contribution in [0.25, 0.3) is 0 Å². The average Bonchev–Trinajstić information content (AvgIpc) is 2.75. The van der Waals surface area contributed by atoms with Gasteiger partial charge in [0.2, 0.25) is 10.0 Å². The largest absolute Gasteiger partial charge is 0.377 e. The van der Waals surface area contributed by atoms with Gasteiger partial charge < -0.3 is 4.74 Å². The van der Waals surface area contributed by atoms with Crippen molar-refractivity contribution in [2.45, 2.75) is 25.9 Å². The van der Waals surface area contributed by atoms with E-state index >= 15 is 0 Å². The summed E-state index contributed by atoms with van der Waals surface area (Å²) in [6, 6.07) is 1.74. The second-order valence-corrected chi connectivity index (χ2v) is 6.87. The molecule has 1 unspecified atom stereocenters. The molecule has 2 rings (SSSR count). The van der Waals surface area contributed by atoms with E-state index in [4.69, 9.17) is 4.74 Å². The Labute approximate surface area is 115 Å². The predicted octanol–water partition coefficient (Wildman–Crippen LogP) is 2.07. The molecule has 1 atom stereocenters. The van der Waals surface area contributed by atoms with Crippen molar-refractivity contribution < 1.29 is 13.2 Å². The van der Waals surface area contributed by atoms with Crippen molar-refractivity contribution >= 4 is 31.6 Å². The number of aromatic nitrogens is 1. The van der Waals surface area contributed by atoms with E-state index in [0.717, 1.165) is 18.4 Å². The van der Waals surface area contributed by atoms with Crippen LogP contribution in [0.2, 0.25) is 0 Å². The van der Waals surface area contributed by atoms with Gasteiger partial charge in [-0.05, 0) is 47.3 Å². The molecule has 1 aliphatic heterocycles. The highest BCUT2D eigenvalue weighted by molar-refractivity contribution is 9.10. The summed E-state index contributed by atoms with van der Waals surface area (Å²) in [5.74, 6) is 0.00209. The van der Waals surface area contributed by atoms with E-state index in [1.807, 2.05) is 6.92 Å². The van der Waals surface area contributed by atoms with Crippen molar-refractivity contribution in [1.82, 2.24) is 4.98 Å². The van der Waals surface area contributed by atoms with Crippen LogP contribution >= 0.6 is 15.9 Å². The number of sulfonamides is 1. The fourth-order valence-electron chi connectivity index (χ4n) is 1.86. The second kappa shape index (κ2) is 5.54. The molecule has 0 bridgehead atoms. The monoisotopic (exact) mass is 334 g/mol. The van der Waals surface area contributed by atoms with Crippen LogP contribution in [0.15, 0.2) is 16.9 Å². The third-order valence-electron chi connectivity index (χ3n) is 2.72. The number of hydrogen-bond acceptors (Lipinski definition) is 4. The van der Waals surface area contributed by atoms with Gasteiger partial charge in [0.15, 0.2) is 0 Å². The Morgan fingerprint density at radius 2 is 2.39 bits per heavy atom. The molecule has 0 amide bonds. The van der Waals surface area contributed by atoms with Crippen LogP contribution in [0.1, 0.15) is 18.4 Å². The number of pyridine rings is 1. The molecule has 1 aromatic rings. The third-order valence-corrected chi connectivity index (χ3v) is 4.90. The van der Waals surface area contributed by atoms with Crippen molar-refractivity contribution in [1.29, 1.82) is 0 Å². The summed E-state index contributed by atoms with van der Waals surface area (Å²) >= 11 is 3.27. The standard InChI is InChI=1S/C11H15BrN2O3S/c1-8-5-9(6-13-11(8)12)14-18(15,16)7-10-3-2-4-17-10/h5-6,10,14H,2-4,7H2,1H3. The first kappa shape index (κ1) is 13.8. The van der Waals surface area contributed by atoms with E-state index in [-0.39, 0.29) is 11.9 Å². The predicted molar refractivity (Wildman–Crippen MR) is 73.1 cm³/mol. The summed E-state index contributed by atoms with van der Waals surface area (Å²) in [4.78, 5) is 4.05. The van der Waals surface area contributed by atoms with Gasteiger partial charge in [0.1, 0.15) is 4.60 Å². The van der Waals surface area contributed by atoms with Crippen LogP contribution in [-0.4, -0.2) is 31.9 Å². The van der Waals surface area contributed by atoms with E-state index in [1.54, 1.807) is 6.07 Å². The maximum absolute atomic E-state index is 11.9. The smallest absolute Gasteiger partial charge is 0.235 e. The molecule has 0 spiro atoms. The topological polar surface area (TPSA) is 68.3 Å². The van der Waals surface area contributed by atoms with E-state index in [0.29, 0.717) is 16.9 Å². The lowest BCUT2D eigenvalue weighted by Gasteiger charge is -2.12. The Balaban J connectivity index is 2.04. The summed E-state index contributed by atoms with van der Waals surface area (Å²) in [6.45, 7) is 2.51. The minimum atomic E-state index is -3.38. The number of nitrogens with one attached hydrogen (secondary N) is 1. The summed E-state index contributed by atoms with van der Waals surface area (Å²) in [5.41, 5.74) is 1.36. The number of halogens is 1. The van der Waals surface area contributed by atoms with Crippen LogP contribution in [0.4, 0.5) is 5.69 Å². The Morgan fingerprint density at radius 1 is 1.61 bits per heavy atom.